The number of benzene rings is 2. The van der Waals surface area contributed by atoms with Crippen LogP contribution in [0.3, 0.4) is 0 Å². The summed E-state index contributed by atoms with van der Waals surface area (Å²) in [6.07, 6.45) is 4.80. The standard InChI is InChI=1S/C22H20FN5/c23-18-4-1-3-17(13-18)16-5-7-19(8-6-16)27-12-10-25-22(27)21-14-20-15-24-9-2-11-28(20)26-21/h1,3-8,10,12-14,24H,2,9,11,15H2. The Labute approximate surface area is 162 Å². The van der Waals surface area contributed by atoms with E-state index in [0.29, 0.717) is 0 Å². The number of aromatic nitrogens is 4. The predicted octanol–water partition coefficient (Wildman–Crippen LogP) is 4.04. The molecule has 5 rings (SSSR count). The number of rotatable bonds is 3. The van der Waals surface area contributed by atoms with E-state index in [9.17, 15) is 4.39 Å². The van der Waals surface area contributed by atoms with Crippen molar-refractivity contribution in [3.05, 3.63) is 78.5 Å². The van der Waals surface area contributed by atoms with Crippen molar-refractivity contribution in [1.82, 2.24) is 24.6 Å². The van der Waals surface area contributed by atoms with Gasteiger partial charge >= 0.3 is 0 Å². The smallest absolute Gasteiger partial charge is 0.165 e. The first-order valence-electron chi connectivity index (χ1n) is 9.45. The summed E-state index contributed by atoms with van der Waals surface area (Å²) in [5, 5.41) is 8.19. The van der Waals surface area contributed by atoms with E-state index in [0.717, 1.165) is 54.4 Å². The van der Waals surface area contributed by atoms with Gasteiger partial charge in [0.05, 0.1) is 5.69 Å². The van der Waals surface area contributed by atoms with Gasteiger partial charge < -0.3 is 5.32 Å². The zero-order chi connectivity index (χ0) is 18.9. The zero-order valence-electron chi connectivity index (χ0n) is 15.3. The van der Waals surface area contributed by atoms with Gasteiger partial charge in [-0.2, -0.15) is 5.10 Å². The fraction of sp³-hybridized carbons (Fsp3) is 0.182. The van der Waals surface area contributed by atoms with Gasteiger partial charge in [-0.1, -0.05) is 24.3 Å². The van der Waals surface area contributed by atoms with Crippen LogP contribution in [0.25, 0.3) is 28.3 Å². The van der Waals surface area contributed by atoms with Gasteiger partial charge in [0, 0.05) is 31.2 Å². The van der Waals surface area contributed by atoms with E-state index in [-0.39, 0.29) is 5.82 Å². The number of nitrogens with one attached hydrogen (secondary N) is 1. The number of hydrogen-bond acceptors (Lipinski definition) is 3. The first-order chi connectivity index (χ1) is 13.8. The van der Waals surface area contributed by atoms with Crippen LogP contribution in [-0.4, -0.2) is 25.9 Å². The van der Waals surface area contributed by atoms with E-state index in [2.05, 4.69) is 21.0 Å². The minimum atomic E-state index is -0.229. The summed E-state index contributed by atoms with van der Waals surface area (Å²) in [5.74, 6) is 0.589. The first-order valence-corrected chi connectivity index (χ1v) is 9.45. The van der Waals surface area contributed by atoms with Gasteiger partial charge in [0.1, 0.15) is 11.5 Å². The minimum Gasteiger partial charge on any atom is -0.311 e. The highest BCUT2D eigenvalue weighted by Gasteiger charge is 2.16. The van der Waals surface area contributed by atoms with Crippen LogP contribution >= 0.6 is 0 Å². The first kappa shape index (κ1) is 16.9. The van der Waals surface area contributed by atoms with Crippen LogP contribution < -0.4 is 5.32 Å². The molecule has 0 fully saturated rings. The lowest BCUT2D eigenvalue weighted by Gasteiger charge is -2.08. The Kier molecular flexibility index (Phi) is 4.25. The molecule has 0 unspecified atom stereocenters. The second-order valence-electron chi connectivity index (χ2n) is 6.95. The van der Waals surface area contributed by atoms with Crippen molar-refractivity contribution in [2.45, 2.75) is 19.5 Å². The number of halogens is 1. The molecule has 0 radical (unpaired) electrons. The van der Waals surface area contributed by atoms with Crippen LogP contribution in [0.15, 0.2) is 67.0 Å². The van der Waals surface area contributed by atoms with E-state index >= 15 is 0 Å². The van der Waals surface area contributed by atoms with Crippen molar-refractivity contribution in [3.8, 4) is 28.3 Å². The molecule has 140 valence electrons. The molecule has 1 aliphatic rings. The highest BCUT2D eigenvalue weighted by atomic mass is 19.1. The third-order valence-electron chi connectivity index (χ3n) is 5.07. The molecule has 0 atom stereocenters. The number of nitrogens with zero attached hydrogens (tertiary/aromatic N) is 4. The Hall–Kier alpha value is -3.25. The summed E-state index contributed by atoms with van der Waals surface area (Å²) in [6.45, 7) is 2.77. The molecule has 0 aliphatic carbocycles. The highest BCUT2D eigenvalue weighted by molar-refractivity contribution is 5.65. The third kappa shape index (κ3) is 3.12. The van der Waals surface area contributed by atoms with E-state index in [4.69, 9.17) is 5.10 Å². The summed E-state index contributed by atoms with van der Waals surface area (Å²) in [7, 11) is 0. The summed E-state index contributed by atoms with van der Waals surface area (Å²) in [4.78, 5) is 4.54. The Morgan fingerprint density at radius 1 is 1.00 bits per heavy atom. The lowest BCUT2D eigenvalue weighted by atomic mass is 10.1. The number of imidazole rings is 1. The van der Waals surface area contributed by atoms with Crippen molar-refractivity contribution in [2.75, 3.05) is 6.54 Å². The molecule has 0 spiro atoms. The van der Waals surface area contributed by atoms with Crippen LogP contribution in [0, 0.1) is 5.82 Å². The van der Waals surface area contributed by atoms with E-state index < -0.39 is 0 Å². The zero-order valence-corrected chi connectivity index (χ0v) is 15.3. The second kappa shape index (κ2) is 7.05. The number of hydrogen-bond donors (Lipinski definition) is 1. The lowest BCUT2D eigenvalue weighted by Crippen LogP contribution is -2.11. The van der Waals surface area contributed by atoms with Crippen LogP contribution in [0.4, 0.5) is 4.39 Å². The molecule has 0 saturated carbocycles. The SMILES string of the molecule is Fc1cccc(-c2ccc(-n3ccnc3-c3cc4n(n3)CCCNC4)cc2)c1. The lowest BCUT2D eigenvalue weighted by molar-refractivity contribution is 0.588. The molecule has 5 nitrogen and oxygen atoms in total. The molecule has 3 heterocycles. The third-order valence-corrected chi connectivity index (χ3v) is 5.07. The minimum absolute atomic E-state index is 0.229. The Morgan fingerprint density at radius 2 is 1.89 bits per heavy atom. The van der Waals surface area contributed by atoms with Crippen molar-refractivity contribution >= 4 is 0 Å². The molecule has 2 aromatic heterocycles. The van der Waals surface area contributed by atoms with Crippen molar-refractivity contribution in [1.29, 1.82) is 0 Å². The molecule has 4 aromatic rings. The van der Waals surface area contributed by atoms with Gasteiger partial charge in [0.2, 0.25) is 0 Å². The van der Waals surface area contributed by atoms with E-state index in [1.165, 1.54) is 11.8 Å². The number of fused-ring (bicyclic) bond motifs is 1. The average molecular weight is 373 g/mol. The molecule has 0 bridgehead atoms. The fourth-order valence-electron chi connectivity index (χ4n) is 3.65. The monoisotopic (exact) mass is 373 g/mol. The predicted molar refractivity (Wildman–Crippen MR) is 107 cm³/mol. The maximum absolute atomic E-state index is 13.5. The molecule has 0 saturated heterocycles. The molecule has 0 amide bonds. The van der Waals surface area contributed by atoms with Gasteiger partial charge in [-0.25, -0.2) is 9.37 Å². The summed E-state index contributed by atoms with van der Waals surface area (Å²) < 4.78 is 17.6. The van der Waals surface area contributed by atoms with E-state index in [1.54, 1.807) is 18.3 Å². The second-order valence-corrected chi connectivity index (χ2v) is 6.95. The van der Waals surface area contributed by atoms with Gasteiger partial charge in [-0.15, -0.1) is 0 Å². The molecule has 2 aromatic carbocycles. The van der Waals surface area contributed by atoms with E-state index in [1.807, 2.05) is 41.1 Å². The van der Waals surface area contributed by atoms with Gasteiger partial charge in [0.15, 0.2) is 5.82 Å². The molecular weight excluding hydrogens is 353 g/mol. The number of aryl methyl sites for hydroxylation is 1. The molecule has 6 heteroatoms. The van der Waals surface area contributed by atoms with Crippen LogP contribution in [0.1, 0.15) is 12.1 Å². The summed E-state index contributed by atoms with van der Waals surface area (Å²) >= 11 is 0. The van der Waals surface area contributed by atoms with Gasteiger partial charge in [-0.05, 0) is 54.4 Å². The average Bonchev–Trinajstić information content (AvgIpc) is 3.30. The normalized spacial score (nSPS) is 13.9. The van der Waals surface area contributed by atoms with Crippen molar-refractivity contribution in [3.63, 3.8) is 0 Å². The van der Waals surface area contributed by atoms with Crippen molar-refractivity contribution in [2.24, 2.45) is 0 Å². The molecule has 1 N–H and O–H groups in total. The van der Waals surface area contributed by atoms with Gasteiger partial charge in [0.25, 0.3) is 0 Å². The Bertz CT molecular complexity index is 1090. The summed E-state index contributed by atoms with van der Waals surface area (Å²) in [5.41, 5.74) is 4.89. The fourth-order valence-corrected chi connectivity index (χ4v) is 3.65. The topological polar surface area (TPSA) is 47.7 Å². The largest absolute Gasteiger partial charge is 0.311 e. The molecular formula is C22H20FN5. The highest BCUT2D eigenvalue weighted by Crippen LogP contribution is 2.25. The van der Waals surface area contributed by atoms with Crippen LogP contribution in [0.2, 0.25) is 0 Å². The van der Waals surface area contributed by atoms with Crippen LogP contribution in [0.5, 0.6) is 0 Å². The summed E-state index contributed by atoms with van der Waals surface area (Å²) in [6, 6.07) is 16.8. The quantitative estimate of drug-likeness (QED) is 0.590. The van der Waals surface area contributed by atoms with Crippen LogP contribution in [-0.2, 0) is 13.1 Å². The maximum atomic E-state index is 13.5. The Balaban J connectivity index is 1.48. The van der Waals surface area contributed by atoms with Gasteiger partial charge in [-0.3, -0.25) is 9.25 Å². The molecule has 28 heavy (non-hydrogen) atoms. The van der Waals surface area contributed by atoms with Crippen molar-refractivity contribution < 1.29 is 4.39 Å². The molecule has 1 aliphatic heterocycles. The Morgan fingerprint density at radius 3 is 2.75 bits per heavy atom. The maximum Gasteiger partial charge on any atom is 0.165 e.